The molecule has 1 aliphatic carbocycles. The molecule has 1 atom stereocenters. The van der Waals surface area contributed by atoms with Gasteiger partial charge in [-0.1, -0.05) is 39.3 Å². The summed E-state index contributed by atoms with van der Waals surface area (Å²) in [6.07, 6.45) is 0. The quantitative estimate of drug-likeness (QED) is 0.912. The molecule has 0 spiro atoms. The number of ether oxygens (including phenoxy) is 2. The molecule has 1 fully saturated rings. The first-order chi connectivity index (χ1) is 9.18. The zero-order valence-electron chi connectivity index (χ0n) is 13.1. The van der Waals surface area contributed by atoms with Gasteiger partial charge in [0.15, 0.2) is 11.5 Å². The summed E-state index contributed by atoms with van der Waals surface area (Å²) in [5.74, 6) is 1.69. The second-order valence-electron chi connectivity index (χ2n) is 6.68. The van der Waals surface area contributed by atoms with Gasteiger partial charge < -0.3 is 15.2 Å². The Hall–Kier alpha value is -0.930. The minimum Gasteiger partial charge on any atom is -0.493 e. The topological polar surface area (TPSA) is 44.5 Å². The first kappa shape index (κ1) is 15.5. The summed E-state index contributed by atoms with van der Waals surface area (Å²) in [6.45, 7) is 9.02. The van der Waals surface area contributed by atoms with Crippen molar-refractivity contribution in [1.82, 2.24) is 0 Å². The minimum atomic E-state index is -0.104. The molecular formula is C16H24ClNO2. The Morgan fingerprint density at radius 3 is 1.90 bits per heavy atom. The number of halogens is 1. The molecule has 20 heavy (non-hydrogen) atoms. The van der Waals surface area contributed by atoms with Crippen LogP contribution in [0, 0.1) is 16.7 Å². The van der Waals surface area contributed by atoms with Crippen LogP contribution in [0.5, 0.6) is 11.5 Å². The second kappa shape index (κ2) is 4.81. The molecule has 0 radical (unpaired) electrons. The second-order valence-corrected chi connectivity index (χ2v) is 7.08. The van der Waals surface area contributed by atoms with Crippen LogP contribution >= 0.6 is 11.6 Å². The lowest BCUT2D eigenvalue weighted by Crippen LogP contribution is -2.17. The number of benzene rings is 1. The molecule has 1 saturated carbocycles. The van der Waals surface area contributed by atoms with Crippen LogP contribution in [0.1, 0.15) is 39.3 Å². The normalized spacial score (nSPS) is 21.4. The van der Waals surface area contributed by atoms with Crippen LogP contribution in [0.25, 0.3) is 0 Å². The monoisotopic (exact) mass is 297 g/mol. The molecule has 1 aromatic rings. The van der Waals surface area contributed by atoms with Gasteiger partial charge >= 0.3 is 0 Å². The number of rotatable bonds is 4. The van der Waals surface area contributed by atoms with Gasteiger partial charge in [0.2, 0.25) is 0 Å². The lowest BCUT2D eigenvalue weighted by Gasteiger charge is -2.18. The molecule has 0 bridgehead atoms. The van der Waals surface area contributed by atoms with E-state index in [-0.39, 0.29) is 16.9 Å². The summed E-state index contributed by atoms with van der Waals surface area (Å²) in [5, 5.41) is 0.633. The average Bonchev–Trinajstić information content (AvgIpc) is 2.78. The Kier molecular flexibility index (Phi) is 3.72. The first-order valence-corrected chi connectivity index (χ1v) is 7.23. The molecule has 2 N–H and O–H groups in total. The van der Waals surface area contributed by atoms with Crippen molar-refractivity contribution in [3.05, 3.63) is 22.7 Å². The predicted octanol–water partition coefficient (Wildman–Crippen LogP) is 4.04. The van der Waals surface area contributed by atoms with Gasteiger partial charge in [0.1, 0.15) is 0 Å². The van der Waals surface area contributed by atoms with Crippen LogP contribution in [-0.2, 0) is 0 Å². The van der Waals surface area contributed by atoms with Crippen molar-refractivity contribution in [3.8, 4) is 11.5 Å². The highest BCUT2D eigenvalue weighted by atomic mass is 35.5. The Bertz CT molecular complexity index is 511. The van der Waals surface area contributed by atoms with Gasteiger partial charge in [0.25, 0.3) is 0 Å². The van der Waals surface area contributed by atoms with E-state index in [0.717, 1.165) is 5.56 Å². The van der Waals surface area contributed by atoms with E-state index < -0.39 is 0 Å². The van der Waals surface area contributed by atoms with Crippen LogP contribution in [-0.4, -0.2) is 14.2 Å². The Morgan fingerprint density at radius 2 is 1.50 bits per heavy atom. The van der Waals surface area contributed by atoms with Crippen LogP contribution in [0.4, 0.5) is 0 Å². The van der Waals surface area contributed by atoms with Gasteiger partial charge in [0, 0.05) is 17.1 Å². The third kappa shape index (κ3) is 2.08. The fourth-order valence-corrected chi connectivity index (χ4v) is 3.73. The van der Waals surface area contributed by atoms with E-state index in [1.807, 2.05) is 6.07 Å². The number of methoxy groups -OCH3 is 2. The molecule has 1 aliphatic rings. The molecule has 0 aromatic heterocycles. The molecule has 112 valence electrons. The van der Waals surface area contributed by atoms with Gasteiger partial charge in [0.05, 0.1) is 14.2 Å². The standard InChI is InChI=1S/C16H24ClNO2/c1-15(2)14(16(15,3)4)13(18)9-7-11(19-5)12(20-6)8-10(9)17/h7-8,13-14H,18H2,1-6H3. The fourth-order valence-electron chi connectivity index (χ4n) is 3.45. The van der Waals surface area contributed by atoms with Crippen molar-refractivity contribution in [2.24, 2.45) is 22.5 Å². The van der Waals surface area contributed by atoms with E-state index in [4.69, 9.17) is 26.8 Å². The molecule has 0 amide bonds. The van der Waals surface area contributed by atoms with E-state index >= 15 is 0 Å². The van der Waals surface area contributed by atoms with Crippen LogP contribution < -0.4 is 15.2 Å². The largest absolute Gasteiger partial charge is 0.493 e. The summed E-state index contributed by atoms with van der Waals surface area (Å²) in [7, 11) is 3.22. The van der Waals surface area contributed by atoms with Gasteiger partial charge in [-0.25, -0.2) is 0 Å². The summed E-state index contributed by atoms with van der Waals surface area (Å²) in [6, 6.07) is 3.57. The maximum Gasteiger partial charge on any atom is 0.162 e. The molecule has 4 heteroatoms. The third-order valence-electron chi connectivity index (χ3n) is 5.35. The van der Waals surface area contributed by atoms with Gasteiger partial charge in [-0.3, -0.25) is 0 Å². The highest BCUT2D eigenvalue weighted by Gasteiger charge is 2.66. The van der Waals surface area contributed by atoms with Crippen molar-refractivity contribution >= 4 is 11.6 Å². The highest BCUT2D eigenvalue weighted by Crippen LogP contribution is 2.72. The molecule has 0 saturated heterocycles. The van der Waals surface area contributed by atoms with Crippen molar-refractivity contribution in [1.29, 1.82) is 0 Å². The van der Waals surface area contributed by atoms with Crippen molar-refractivity contribution in [3.63, 3.8) is 0 Å². The molecule has 0 heterocycles. The maximum atomic E-state index is 6.49. The first-order valence-electron chi connectivity index (χ1n) is 6.85. The lowest BCUT2D eigenvalue weighted by atomic mass is 9.97. The Morgan fingerprint density at radius 1 is 1.05 bits per heavy atom. The minimum absolute atomic E-state index is 0.104. The fraction of sp³-hybridized carbons (Fsp3) is 0.625. The summed E-state index contributed by atoms with van der Waals surface area (Å²) in [5.41, 5.74) is 7.83. The van der Waals surface area contributed by atoms with Crippen molar-refractivity contribution < 1.29 is 9.47 Å². The molecule has 1 unspecified atom stereocenters. The molecule has 1 aromatic carbocycles. The third-order valence-corrected chi connectivity index (χ3v) is 5.68. The summed E-state index contributed by atoms with van der Waals surface area (Å²) >= 11 is 6.37. The molecule has 2 rings (SSSR count). The number of hydrogen-bond donors (Lipinski definition) is 1. The van der Waals surface area contributed by atoms with E-state index in [0.29, 0.717) is 22.4 Å². The van der Waals surface area contributed by atoms with Crippen molar-refractivity contribution in [2.45, 2.75) is 33.7 Å². The van der Waals surface area contributed by atoms with Crippen LogP contribution in [0.2, 0.25) is 5.02 Å². The van der Waals surface area contributed by atoms with E-state index in [2.05, 4.69) is 27.7 Å². The van der Waals surface area contributed by atoms with E-state index in [1.165, 1.54) is 0 Å². The SMILES string of the molecule is COc1cc(Cl)c(C(N)C2C(C)(C)C2(C)C)cc1OC. The number of nitrogens with two attached hydrogens (primary N) is 1. The zero-order valence-corrected chi connectivity index (χ0v) is 13.8. The Balaban J connectivity index is 2.39. The van der Waals surface area contributed by atoms with Crippen molar-refractivity contribution in [2.75, 3.05) is 14.2 Å². The summed E-state index contributed by atoms with van der Waals surface area (Å²) < 4.78 is 10.6. The summed E-state index contributed by atoms with van der Waals surface area (Å²) in [4.78, 5) is 0. The molecular weight excluding hydrogens is 274 g/mol. The van der Waals surface area contributed by atoms with Crippen LogP contribution in [0.15, 0.2) is 12.1 Å². The maximum absolute atomic E-state index is 6.49. The van der Waals surface area contributed by atoms with Gasteiger partial charge in [-0.15, -0.1) is 0 Å². The van der Waals surface area contributed by atoms with Crippen LogP contribution in [0.3, 0.4) is 0 Å². The zero-order chi connectivity index (χ0) is 15.3. The van der Waals surface area contributed by atoms with E-state index in [9.17, 15) is 0 Å². The highest BCUT2D eigenvalue weighted by molar-refractivity contribution is 6.31. The number of hydrogen-bond acceptors (Lipinski definition) is 3. The smallest absolute Gasteiger partial charge is 0.162 e. The Labute approximate surface area is 126 Å². The average molecular weight is 298 g/mol. The van der Waals surface area contributed by atoms with Gasteiger partial charge in [-0.2, -0.15) is 0 Å². The predicted molar refractivity (Wildman–Crippen MR) is 82.5 cm³/mol. The van der Waals surface area contributed by atoms with Gasteiger partial charge in [-0.05, 0) is 28.4 Å². The molecule has 3 nitrogen and oxygen atoms in total. The molecule has 0 aliphatic heterocycles. The van der Waals surface area contributed by atoms with E-state index in [1.54, 1.807) is 20.3 Å². The lowest BCUT2D eigenvalue weighted by molar-refractivity contribution is 0.353.